The van der Waals surface area contributed by atoms with Crippen LogP contribution in [-0.4, -0.2) is 60.3 Å². The molecule has 0 aliphatic carbocycles. The van der Waals surface area contributed by atoms with Gasteiger partial charge in [-0.1, -0.05) is 12.1 Å². The van der Waals surface area contributed by atoms with Gasteiger partial charge in [0.05, 0.1) is 18.9 Å². The summed E-state index contributed by atoms with van der Waals surface area (Å²) in [6.45, 7) is 0.983. The van der Waals surface area contributed by atoms with Crippen molar-refractivity contribution in [3.63, 3.8) is 0 Å². The molecule has 8 nitrogen and oxygen atoms in total. The molecule has 1 fully saturated rings. The summed E-state index contributed by atoms with van der Waals surface area (Å²) in [5.41, 5.74) is 2.42. The minimum atomic E-state index is -3.14. The first-order chi connectivity index (χ1) is 14.3. The zero-order valence-corrected chi connectivity index (χ0v) is 17.7. The molecule has 0 saturated carbocycles. The third-order valence-corrected chi connectivity index (χ3v) is 6.62. The Balaban J connectivity index is 1.57. The number of anilines is 1. The third-order valence-electron chi connectivity index (χ3n) is 5.31. The van der Waals surface area contributed by atoms with Crippen molar-refractivity contribution in [1.29, 1.82) is 0 Å². The van der Waals surface area contributed by atoms with Crippen molar-refractivity contribution in [2.75, 3.05) is 31.8 Å². The molecule has 158 valence electrons. The summed E-state index contributed by atoms with van der Waals surface area (Å²) in [7, 11) is -1.54. The van der Waals surface area contributed by atoms with Gasteiger partial charge in [0.15, 0.2) is 0 Å². The average Bonchev–Trinajstić information content (AvgIpc) is 2.72. The summed E-state index contributed by atoms with van der Waals surface area (Å²) in [4.78, 5) is 9.05. The number of rotatable bonds is 5. The Kier molecular flexibility index (Phi) is 5.48. The smallest absolute Gasteiger partial charge is 0.223 e. The fraction of sp³-hybridized carbons (Fsp3) is 0.333. The second-order valence-electron chi connectivity index (χ2n) is 7.44. The number of phenols is 1. The topological polar surface area (TPSA) is 105 Å². The van der Waals surface area contributed by atoms with Crippen molar-refractivity contribution in [3.8, 4) is 22.6 Å². The number of hydrogen-bond acceptors (Lipinski definition) is 7. The number of phenolic OH excluding ortho intramolecular Hbond substituents is 1. The van der Waals surface area contributed by atoms with E-state index in [1.165, 1.54) is 10.6 Å². The van der Waals surface area contributed by atoms with Crippen LogP contribution in [0.15, 0.2) is 42.6 Å². The number of ether oxygens (including phenoxy) is 1. The highest BCUT2D eigenvalue weighted by Crippen LogP contribution is 2.35. The molecule has 0 unspecified atom stereocenters. The van der Waals surface area contributed by atoms with Crippen LogP contribution in [0.3, 0.4) is 0 Å². The number of nitrogens with zero attached hydrogens (tertiary/aromatic N) is 3. The molecule has 1 aliphatic heterocycles. The Morgan fingerprint density at radius 1 is 1.20 bits per heavy atom. The van der Waals surface area contributed by atoms with Gasteiger partial charge in [-0.2, -0.15) is 0 Å². The van der Waals surface area contributed by atoms with Gasteiger partial charge < -0.3 is 15.2 Å². The molecule has 1 aromatic heterocycles. The van der Waals surface area contributed by atoms with Gasteiger partial charge in [0.25, 0.3) is 0 Å². The molecule has 0 bridgehead atoms. The molecule has 1 saturated heterocycles. The molecule has 3 aromatic rings. The van der Waals surface area contributed by atoms with Gasteiger partial charge in [0.1, 0.15) is 11.5 Å². The van der Waals surface area contributed by atoms with Gasteiger partial charge in [-0.3, -0.25) is 0 Å². The first-order valence-corrected chi connectivity index (χ1v) is 11.5. The number of piperidine rings is 1. The fourth-order valence-corrected chi connectivity index (χ4v) is 4.59. The van der Waals surface area contributed by atoms with Crippen LogP contribution in [0.4, 0.5) is 5.95 Å². The monoisotopic (exact) mass is 428 g/mol. The minimum absolute atomic E-state index is 0.119. The minimum Gasteiger partial charge on any atom is -0.508 e. The first-order valence-electron chi connectivity index (χ1n) is 9.69. The van der Waals surface area contributed by atoms with Gasteiger partial charge in [-0.25, -0.2) is 22.7 Å². The number of nitrogens with one attached hydrogen (secondary N) is 1. The summed E-state index contributed by atoms with van der Waals surface area (Å²) in [5.74, 6) is 1.35. The average molecular weight is 429 g/mol. The maximum absolute atomic E-state index is 11.7. The van der Waals surface area contributed by atoms with Crippen LogP contribution in [0.2, 0.25) is 0 Å². The SMILES string of the molecule is COc1cc2nc(NC3CCN(S(C)(=O)=O)CC3)ncc2cc1-c1cccc(O)c1. The van der Waals surface area contributed by atoms with E-state index in [0.717, 1.165) is 22.0 Å². The Hall–Kier alpha value is -2.91. The van der Waals surface area contributed by atoms with E-state index >= 15 is 0 Å². The van der Waals surface area contributed by atoms with Crippen LogP contribution in [0.5, 0.6) is 11.5 Å². The van der Waals surface area contributed by atoms with Gasteiger partial charge in [0, 0.05) is 42.3 Å². The summed E-state index contributed by atoms with van der Waals surface area (Å²) >= 11 is 0. The van der Waals surface area contributed by atoms with E-state index in [2.05, 4.69) is 15.3 Å². The largest absolute Gasteiger partial charge is 0.508 e. The zero-order valence-electron chi connectivity index (χ0n) is 16.9. The second-order valence-corrected chi connectivity index (χ2v) is 9.42. The van der Waals surface area contributed by atoms with Crippen LogP contribution < -0.4 is 10.1 Å². The molecular weight excluding hydrogens is 404 g/mol. The standard InChI is InChI=1S/C21H24N4O4S/c1-29-20-12-19-15(11-18(20)14-4-3-5-17(26)10-14)13-22-21(24-19)23-16-6-8-25(9-7-16)30(2,27)28/h3-5,10-13,16,26H,6-9H2,1-2H3,(H,22,23,24). The van der Waals surface area contributed by atoms with E-state index < -0.39 is 10.0 Å². The normalized spacial score (nSPS) is 15.9. The van der Waals surface area contributed by atoms with Crippen molar-refractivity contribution in [2.24, 2.45) is 0 Å². The molecule has 1 aliphatic rings. The quantitative estimate of drug-likeness (QED) is 0.644. The molecule has 4 rings (SSSR count). The van der Waals surface area contributed by atoms with E-state index in [1.54, 1.807) is 31.5 Å². The first kappa shape index (κ1) is 20.4. The van der Waals surface area contributed by atoms with Crippen LogP contribution in [0, 0.1) is 0 Å². The summed E-state index contributed by atoms with van der Waals surface area (Å²) in [6, 6.07) is 10.9. The van der Waals surface area contributed by atoms with Crippen molar-refractivity contribution >= 4 is 26.9 Å². The molecule has 30 heavy (non-hydrogen) atoms. The third kappa shape index (κ3) is 4.31. The van der Waals surface area contributed by atoms with Crippen molar-refractivity contribution in [3.05, 3.63) is 42.6 Å². The van der Waals surface area contributed by atoms with Crippen LogP contribution >= 0.6 is 0 Å². The molecule has 0 radical (unpaired) electrons. The van der Waals surface area contributed by atoms with Gasteiger partial charge in [-0.15, -0.1) is 0 Å². The van der Waals surface area contributed by atoms with Gasteiger partial charge in [0.2, 0.25) is 16.0 Å². The molecular formula is C21H24N4O4S. The van der Waals surface area contributed by atoms with E-state index in [4.69, 9.17) is 4.74 Å². The number of aromatic hydroxyl groups is 1. The van der Waals surface area contributed by atoms with Crippen LogP contribution in [-0.2, 0) is 10.0 Å². The van der Waals surface area contributed by atoms with Crippen molar-refractivity contribution in [2.45, 2.75) is 18.9 Å². The highest BCUT2D eigenvalue weighted by Gasteiger charge is 2.25. The molecule has 9 heteroatoms. The number of sulfonamides is 1. The van der Waals surface area contributed by atoms with Crippen LogP contribution in [0.1, 0.15) is 12.8 Å². The Labute approximate surface area is 175 Å². The van der Waals surface area contributed by atoms with Crippen LogP contribution in [0.25, 0.3) is 22.0 Å². The van der Waals surface area contributed by atoms with E-state index in [0.29, 0.717) is 37.6 Å². The molecule has 0 spiro atoms. The van der Waals surface area contributed by atoms with Gasteiger partial charge in [-0.05, 0) is 36.6 Å². The number of hydrogen-bond donors (Lipinski definition) is 2. The molecule has 2 aromatic carbocycles. The predicted molar refractivity (Wildman–Crippen MR) is 116 cm³/mol. The summed E-state index contributed by atoms with van der Waals surface area (Å²) in [6.07, 6.45) is 4.40. The van der Waals surface area contributed by atoms with E-state index in [9.17, 15) is 13.5 Å². The molecule has 0 atom stereocenters. The lowest BCUT2D eigenvalue weighted by atomic mass is 10.0. The fourth-order valence-electron chi connectivity index (χ4n) is 3.71. The molecule has 2 N–H and O–H groups in total. The summed E-state index contributed by atoms with van der Waals surface area (Å²) in [5, 5.41) is 14.0. The zero-order chi connectivity index (χ0) is 21.3. The van der Waals surface area contributed by atoms with E-state index in [-0.39, 0.29) is 11.8 Å². The lowest BCUT2D eigenvalue weighted by molar-refractivity contribution is 0.331. The Bertz CT molecular complexity index is 1170. The lowest BCUT2D eigenvalue weighted by Crippen LogP contribution is -2.42. The predicted octanol–water partition coefficient (Wildman–Crippen LogP) is 2.85. The van der Waals surface area contributed by atoms with Gasteiger partial charge >= 0.3 is 0 Å². The number of benzene rings is 2. The number of fused-ring (bicyclic) bond motifs is 1. The summed E-state index contributed by atoms with van der Waals surface area (Å²) < 4.78 is 30.4. The molecule has 0 amide bonds. The number of aromatic nitrogens is 2. The highest BCUT2D eigenvalue weighted by atomic mass is 32.2. The molecule has 2 heterocycles. The Morgan fingerprint density at radius 2 is 1.97 bits per heavy atom. The van der Waals surface area contributed by atoms with Crippen molar-refractivity contribution < 1.29 is 18.3 Å². The second kappa shape index (κ2) is 8.08. The van der Waals surface area contributed by atoms with Crippen molar-refractivity contribution in [1.82, 2.24) is 14.3 Å². The number of methoxy groups -OCH3 is 1. The maximum atomic E-state index is 11.7. The van der Waals surface area contributed by atoms with E-state index in [1.807, 2.05) is 18.2 Å². The lowest BCUT2D eigenvalue weighted by Gasteiger charge is -2.30. The highest BCUT2D eigenvalue weighted by molar-refractivity contribution is 7.88. The Morgan fingerprint density at radius 3 is 2.63 bits per heavy atom. The maximum Gasteiger partial charge on any atom is 0.223 e.